The molecular formula is C13H10ClN5OS2. The van der Waals surface area contributed by atoms with Crippen LogP contribution < -0.4 is 5.32 Å². The zero-order valence-corrected chi connectivity index (χ0v) is 13.8. The van der Waals surface area contributed by atoms with Gasteiger partial charge in [0.05, 0.1) is 12.1 Å². The number of hydrogen-bond donors (Lipinski definition) is 1. The Morgan fingerprint density at radius 1 is 1.23 bits per heavy atom. The molecule has 3 rings (SSSR count). The van der Waals surface area contributed by atoms with Crippen molar-refractivity contribution in [3.8, 4) is 9.88 Å². The standard InChI is InChI=1S/C13H10ClN5OS2/c1-7-11(22-19-16-7)12-17-18-13(21-12)15-10(20)6-8-2-4-9(14)5-3-8/h2-5H,6H2,1H3,(H,15,18,20). The van der Waals surface area contributed by atoms with Gasteiger partial charge < -0.3 is 5.32 Å². The molecule has 0 aliphatic carbocycles. The number of benzene rings is 1. The predicted molar refractivity (Wildman–Crippen MR) is 87.3 cm³/mol. The lowest BCUT2D eigenvalue weighted by Crippen LogP contribution is -2.14. The molecule has 3 aromatic rings. The SMILES string of the molecule is Cc1nnsc1-c1nnc(NC(=O)Cc2ccc(Cl)cc2)s1. The summed E-state index contributed by atoms with van der Waals surface area (Å²) in [5.41, 5.74) is 1.69. The Hall–Kier alpha value is -1.90. The summed E-state index contributed by atoms with van der Waals surface area (Å²) in [7, 11) is 0. The summed E-state index contributed by atoms with van der Waals surface area (Å²) in [5, 5.41) is 16.5. The molecule has 0 saturated carbocycles. The molecule has 9 heteroatoms. The van der Waals surface area contributed by atoms with Crippen LogP contribution in [0.1, 0.15) is 11.3 Å². The summed E-state index contributed by atoms with van der Waals surface area (Å²) in [6.45, 7) is 1.86. The maximum absolute atomic E-state index is 12.0. The van der Waals surface area contributed by atoms with E-state index in [4.69, 9.17) is 11.6 Å². The van der Waals surface area contributed by atoms with Crippen LogP contribution in [0, 0.1) is 6.92 Å². The molecule has 22 heavy (non-hydrogen) atoms. The number of nitrogens with one attached hydrogen (secondary N) is 1. The van der Waals surface area contributed by atoms with E-state index in [1.54, 1.807) is 12.1 Å². The van der Waals surface area contributed by atoms with Gasteiger partial charge in [0.2, 0.25) is 11.0 Å². The molecule has 1 N–H and O–H groups in total. The molecular weight excluding hydrogens is 342 g/mol. The fraction of sp³-hybridized carbons (Fsp3) is 0.154. The van der Waals surface area contributed by atoms with Gasteiger partial charge in [0.25, 0.3) is 0 Å². The summed E-state index contributed by atoms with van der Waals surface area (Å²) >= 11 is 8.38. The number of aromatic nitrogens is 4. The quantitative estimate of drug-likeness (QED) is 0.780. The molecule has 1 aromatic carbocycles. The summed E-state index contributed by atoms with van der Waals surface area (Å²) in [5.74, 6) is -0.149. The average molecular weight is 352 g/mol. The minimum Gasteiger partial charge on any atom is -0.300 e. The first kappa shape index (κ1) is 15.0. The molecule has 2 aromatic heterocycles. The van der Waals surface area contributed by atoms with Gasteiger partial charge in [-0.25, -0.2) is 0 Å². The monoisotopic (exact) mass is 351 g/mol. The number of aryl methyl sites for hydroxylation is 1. The second-order valence-electron chi connectivity index (χ2n) is 4.45. The highest BCUT2D eigenvalue weighted by Crippen LogP contribution is 2.30. The van der Waals surface area contributed by atoms with Crippen molar-refractivity contribution in [3.05, 3.63) is 40.5 Å². The topological polar surface area (TPSA) is 80.7 Å². The maximum Gasteiger partial charge on any atom is 0.230 e. The molecule has 2 heterocycles. The lowest BCUT2D eigenvalue weighted by Gasteiger charge is -2.01. The van der Waals surface area contributed by atoms with Crippen LogP contribution >= 0.6 is 34.5 Å². The Morgan fingerprint density at radius 3 is 2.68 bits per heavy atom. The van der Waals surface area contributed by atoms with Crippen molar-refractivity contribution in [1.29, 1.82) is 0 Å². The number of anilines is 1. The van der Waals surface area contributed by atoms with Crippen molar-refractivity contribution in [2.75, 3.05) is 5.32 Å². The number of halogens is 1. The molecule has 0 bridgehead atoms. The maximum atomic E-state index is 12.0. The van der Waals surface area contributed by atoms with Crippen molar-refractivity contribution < 1.29 is 4.79 Å². The molecule has 0 radical (unpaired) electrons. The number of rotatable bonds is 4. The van der Waals surface area contributed by atoms with Crippen molar-refractivity contribution in [1.82, 2.24) is 19.8 Å². The van der Waals surface area contributed by atoms with E-state index in [1.807, 2.05) is 19.1 Å². The van der Waals surface area contributed by atoms with Crippen molar-refractivity contribution >= 4 is 45.5 Å². The predicted octanol–water partition coefficient (Wildman–Crippen LogP) is 3.20. The molecule has 6 nitrogen and oxygen atoms in total. The van der Waals surface area contributed by atoms with Gasteiger partial charge in [0.15, 0.2) is 5.01 Å². The van der Waals surface area contributed by atoms with Gasteiger partial charge in [-0.2, -0.15) is 0 Å². The molecule has 0 aliphatic heterocycles. The lowest BCUT2D eigenvalue weighted by molar-refractivity contribution is -0.115. The van der Waals surface area contributed by atoms with Gasteiger partial charge in [0.1, 0.15) is 4.88 Å². The summed E-state index contributed by atoms with van der Waals surface area (Å²) in [6, 6.07) is 7.15. The van der Waals surface area contributed by atoms with Gasteiger partial charge in [-0.1, -0.05) is 39.6 Å². The van der Waals surface area contributed by atoms with E-state index in [9.17, 15) is 4.79 Å². The molecule has 0 saturated heterocycles. The lowest BCUT2D eigenvalue weighted by atomic mass is 10.1. The van der Waals surface area contributed by atoms with Crippen molar-refractivity contribution in [3.63, 3.8) is 0 Å². The third kappa shape index (κ3) is 3.46. The first-order chi connectivity index (χ1) is 10.6. The van der Waals surface area contributed by atoms with E-state index in [0.29, 0.717) is 15.2 Å². The van der Waals surface area contributed by atoms with E-state index < -0.39 is 0 Å². The first-order valence-corrected chi connectivity index (χ1v) is 8.26. The molecule has 0 aliphatic rings. The smallest absolute Gasteiger partial charge is 0.230 e. The Balaban J connectivity index is 1.66. The Labute approximate surface area is 139 Å². The number of amides is 1. The van der Waals surface area contributed by atoms with Gasteiger partial charge in [0, 0.05) is 5.02 Å². The highest BCUT2D eigenvalue weighted by molar-refractivity contribution is 7.22. The minimum atomic E-state index is -0.149. The van der Waals surface area contributed by atoms with Crippen LogP contribution in [0.4, 0.5) is 5.13 Å². The number of hydrogen-bond acceptors (Lipinski definition) is 7. The Bertz CT molecular complexity index is 799. The summed E-state index contributed by atoms with van der Waals surface area (Å²) in [4.78, 5) is 12.9. The number of carbonyl (C=O) groups is 1. The Morgan fingerprint density at radius 2 is 2.00 bits per heavy atom. The fourth-order valence-corrected chi connectivity index (χ4v) is 3.40. The normalized spacial score (nSPS) is 10.6. The van der Waals surface area contributed by atoms with Crippen LogP contribution in [-0.2, 0) is 11.2 Å². The van der Waals surface area contributed by atoms with Gasteiger partial charge >= 0.3 is 0 Å². The highest BCUT2D eigenvalue weighted by Gasteiger charge is 2.14. The van der Waals surface area contributed by atoms with E-state index in [0.717, 1.165) is 16.1 Å². The van der Waals surface area contributed by atoms with Crippen LogP contribution in [0.25, 0.3) is 9.88 Å². The fourth-order valence-electron chi connectivity index (χ4n) is 1.74. The summed E-state index contributed by atoms with van der Waals surface area (Å²) < 4.78 is 3.86. The Kier molecular flexibility index (Phi) is 4.41. The molecule has 0 spiro atoms. The van der Waals surface area contributed by atoms with Crippen LogP contribution in [-0.4, -0.2) is 25.7 Å². The minimum absolute atomic E-state index is 0.149. The van der Waals surface area contributed by atoms with E-state index >= 15 is 0 Å². The van der Waals surface area contributed by atoms with Crippen LogP contribution in [0.3, 0.4) is 0 Å². The molecule has 0 unspecified atom stereocenters. The molecule has 0 atom stereocenters. The van der Waals surface area contributed by atoms with Crippen molar-refractivity contribution in [2.45, 2.75) is 13.3 Å². The molecule has 1 amide bonds. The highest BCUT2D eigenvalue weighted by atomic mass is 35.5. The average Bonchev–Trinajstić information content (AvgIpc) is 3.10. The van der Waals surface area contributed by atoms with Crippen LogP contribution in [0.5, 0.6) is 0 Å². The number of nitrogens with zero attached hydrogens (tertiary/aromatic N) is 4. The third-order valence-electron chi connectivity index (χ3n) is 2.80. The summed E-state index contributed by atoms with van der Waals surface area (Å²) in [6.07, 6.45) is 0.257. The molecule has 0 fully saturated rings. The third-order valence-corrected chi connectivity index (χ3v) is 4.87. The zero-order valence-electron chi connectivity index (χ0n) is 11.4. The van der Waals surface area contributed by atoms with E-state index in [-0.39, 0.29) is 12.3 Å². The van der Waals surface area contributed by atoms with Gasteiger partial charge in [-0.3, -0.25) is 4.79 Å². The van der Waals surface area contributed by atoms with Crippen LogP contribution in [0.2, 0.25) is 5.02 Å². The second-order valence-corrected chi connectivity index (χ2v) is 6.62. The number of carbonyl (C=O) groups excluding carboxylic acids is 1. The van der Waals surface area contributed by atoms with Crippen LogP contribution in [0.15, 0.2) is 24.3 Å². The zero-order chi connectivity index (χ0) is 15.5. The van der Waals surface area contributed by atoms with Gasteiger partial charge in [-0.05, 0) is 36.2 Å². The largest absolute Gasteiger partial charge is 0.300 e. The van der Waals surface area contributed by atoms with E-state index in [2.05, 4.69) is 25.1 Å². The van der Waals surface area contributed by atoms with E-state index in [1.165, 1.54) is 22.9 Å². The van der Waals surface area contributed by atoms with Gasteiger partial charge in [-0.15, -0.1) is 15.3 Å². The second kappa shape index (κ2) is 6.47. The van der Waals surface area contributed by atoms with Crippen molar-refractivity contribution in [2.24, 2.45) is 0 Å². The first-order valence-electron chi connectivity index (χ1n) is 6.29. The molecule has 112 valence electrons.